The van der Waals surface area contributed by atoms with Crippen molar-refractivity contribution in [1.29, 1.82) is 0 Å². The van der Waals surface area contributed by atoms with E-state index in [-0.39, 0.29) is 18.1 Å². The highest BCUT2D eigenvalue weighted by Crippen LogP contribution is 2.38. The molecule has 2 aromatic rings. The molecule has 0 saturated carbocycles. The van der Waals surface area contributed by atoms with E-state index in [4.69, 9.17) is 4.42 Å². The van der Waals surface area contributed by atoms with Crippen molar-refractivity contribution in [3.8, 4) is 0 Å². The Hall–Kier alpha value is -2.89. The van der Waals surface area contributed by atoms with Gasteiger partial charge in [-0.15, -0.1) is 0 Å². The predicted octanol–water partition coefficient (Wildman–Crippen LogP) is 2.94. The van der Waals surface area contributed by atoms with Gasteiger partial charge in [0.15, 0.2) is 11.5 Å². The number of para-hydroxylation sites is 1. The molecular formula is C19H17NO5. The lowest BCUT2D eigenvalue weighted by Crippen LogP contribution is -2.31. The number of amides is 1. The van der Waals surface area contributed by atoms with E-state index in [0.29, 0.717) is 41.0 Å². The largest absolute Gasteiger partial charge is 0.481 e. The molecule has 6 heteroatoms. The molecule has 0 spiro atoms. The molecule has 2 heterocycles. The molecule has 0 bridgehead atoms. The number of hydrogen-bond acceptors (Lipinski definition) is 4. The molecule has 0 radical (unpaired) electrons. The molecule has 128 valence electrons. The molecule has 1 aromatic carbocycles. The lowest BCUT2D eigenvalue weighted by Gasteiger charge is -2.16. The van der Waals surface area contributed by atoms with E-state index in [0.717, 1.165) is 6.42 Å². The standard InChI is InChI=1S/C19H17NO5/c1-10-16-14(21)7-4-8-15(16)25-17(10)18(22)20-9-12(19(23)24)11-5-2-3-6-13(11)20/h2-3,5-6,12H,4,7-9H2,1H3,(H,23,24). The number of anilines is 1. The fourth-order valence-corrected chi connectivity index (χ4v) is 3.79. The highest BCUT2D eigenvalue weighted by atomic mass is 16.4. The molecule has 0 saturated heterocycles. The lowest BCUT2D eigenvalue weighted by molar-refractivity contribution is -0.138. The molecule has 25 heavy (non-hydrogen) atoms. The topological polar surface area (TPSA) is 87.8 Å². The quantitative estimate of drug-likeness (QED) is 0.909. The minimum absolute atomic E-state index is 0.00628. The number of Topliss-reactive ketones (excluding diaryl/α,β-unsaturated/α-hetero) is 1. The summed E-state index contributed by atoms with van der Waals surface area (Å²) in [4.78, 5) is 38.2. The first kappa shape index (κ1) is 15.6. The number of carboxylic acid groups (broad SMARTS) is 1. The number of furan rings is 1. The number of aryl methyl sites for hydroxylation is 1. The van der Waals surface area contributed by atoms with E-state index in [2.05, 4.69) is 0 Å². The molecule has 1 N–H and O–H groups in total. The first-order valence-electron chi connectivity index (χ1n) is 8.28. The van der Waals surface area contributed by atoms with Crippen LogP contribution in [0.1, 0.15) is 56.6 Å². The number of carbonyl (C=O) groups excluding carboxylic acids is 2. The van der Waals surface area contributed by atoms with Crippen LogP contribution < -0.4 is 4.90 Å². The Morgan fingerprint density at radius 3 is 2.72 bits per heavy atom. The Morgan fingerprint density at radius 2 is 2.00 bits per heavy atom. The van der Waals surface area contributed by atoms with Gasteiger partial charge in [-0.05, 0) is 25.0 Å². The van der Waals surface area contributed by atoms with Crippen molar-refractivity contribution in [2.24, 2.45) is 0 Å². The number of benzene rings is 1. The maximum Gasteiger partial charge on any atom is 0.312 e. The van der Waals surface area contributed by atoms with Crippen LogP contribution in [0.15, 0.2) is 28.7 Å². The van der Waals surface area contributed by atoms with Crippen molar-refractivity contribution in [1.82, 2.24) is 0 Å². The van der Waals surface area contributed by atoms with Crippen molar-refractivity contribution in [2.45, 2.75) is 32.1 Å². The molecule has 0 fully saturated rings. The van der Waals surface area contributed by atoms with Crippen LogP contribution in [0.4, 0.5) is 5.69 Å². The number of aliphatic carboxylic acids is 1. The van der Waals surface area contributed by atoms with Crippen molar-refractivity contribution in [3.05, 3.63) is 52.5 Å². The summed E-state index contributed by atoms with van der Waals surface area (Å²) in [5, 5.41) is 9.45. The van der Waals surface area contributed by atoms with Crippen LogP contribution in [0.5, 0.6) is 0 Å². The van der Waals surface area contributed by atoms with Crippen molar-refractivity contribution in [2.75, 3.05) is 11.4 Å². The monoisotopic (exact) mass is 339 g/mol. The van der Waals surface area contributed by atoms with E-state index >= 15 is 0 Å². The second-order valence-corrected chi connectivity index (χ2v) is 6.50. The minimum atomic E-state index is -0.964. The molecule has 1 atom stereocenters. The summed E-state index contributed by atoms with van der Waals surface area (Å²) in [6.07, 6.45) is 1.83. The fourth-order valence-electron chi connectivity index (χ4n) is 3.79. The van der Waals surface area contributed by atoms with Gasteiger partial charge < -0.3 is 14.4 Å². The van der Waals surface area contributed by atoms with E-state index in [1.165, 1.54) is 4.90 Å². The molecule has 1 aromatic heterocycles. The van der Waals surface area contributed by atoms with E-state index in [9.17, 15) is 19.5 Å². The number of rotatable bonds is 2. The molecule has 1 aliphatic heterocycles. The first-order chi connectivity index (χ1) is 12.0. The van der Waals surface area contributed by atoms with Gasteiger partial charge in [0.05, 0.1) is 5.56 Å². The Kier molecular flexibility index (Phi) is 3.49. The number of hydrogen-bond donors (Lipinski definition) is 1. The van der Waals surface area contributed by atoms with E-state index in [1.54, 1.807) is 31.2 Å². The third kappa shape index (κ3) is 2.28. The number of ketones is 1. The van der Waals surface area contributed by atoms with Gasteiger partial charge in [0.25, 0.3) is 5.91 Å². The summed E-state index contributed by atoms with van der Waals surface area (Å²) < 4.78 is 5.73. The smallest absolute Gasteiger partial charge is 0.312 e. The second kappa shape index (κ2) is 5.58. The zero-order valence-electron chi connectivity index (χ0n) is 13.7. The molecule has 1 amide bonds. The van der Waals surface area contributed by atoms with Gasteiger partial charge in [-0.2, -0.15) is 0 Å². The van der Waals surface area contributed by atoms with Crippen molar-refractivity contribution >= 4 is 23.3 Å². The van der Waals surface area contributed by atoms with Crippen molar-refractivity contribution in [3.63, 3.8) is 0 Å². The highest BCUT2D eigenvalue weighted by Gasteiger charge is 2.39. The maximum atomic E-state index is 13.1. The zero-order chi connectivity index (χ0) is 17.7. The molecule has 1 aliphatic carbocycles. The van der Waals surface area contributed by atoms with Crippen LogP contribution in [0.25, 0.3) is 0 Å². The highest BCUT2D eigenvalue weighted by molar-refractivity contribution is 6.10. The van der Waals surface area contributed by atoms with Gasteiger partial charge in [-0.25, -0.2) is 0 Å². The molecular weight excluding hydrogens is 322 g/mol. The second-order valence-electron chi connectivity index (χ2n) is 6.50. The average Bonchev–Trinajstić information content (AvgIpc) is 3.14. The van der Waals surface area contributed by atoms with Crippen LogP contribution in [0, 0.1) is 6.92 Å². The van der Waals surface area contributed by atoms with Gasteiger partial charge in [-0.1, -0.05) is 18.2 Å². The Morgan fingerprint density at radius 1 is 1.24 bits per heavy atom. The molecule has 1 unspecified atom stereocenters. The third-order valence-corrected chi connectivity index (χ3v) is 5.01. The van der Waals surface area contributed by atoms with Gasteiger partial charge in [0.2, 0.25) is 0 Å². The summed E-state index contributed by atoms with van der Waals surface area (Å²) in [5.41, 5.74) is 2.28. The number of carbonyl (C=O) groups is 3. The number of fused-ring (bicyclic) bond motifs is 2. The van der Waals surface area contributed by atoms with Crippen molar-refractivity contribution < 1.29 is 23.9 Å². The van der Waals surface area contributed by atoms with Crippen LogP contribution in [-0.4, -0.2) is 29.3 Å². The average molecular weight is 339 g/mol. The summed E-state index contributed by atoms with van der Waals surface area (Å²) in [7, 11) is 0. The number of nitrogens with zero attached hydrogens (tertiary/aromatic N) is 1. The minimum Gasteiger partial charge on any atom is -0.481 e. The van der Waals surface area contributed by atoms with Crippen LogP contribution in [0.2, 0.25) is 0 Å². The predicted molar refractivity (Wildman–Crippen MR) is 89.2 cm³/mol. The summed E-state index contributed by atoms with van der Waals surface area (Å²) in [5.74, 6) is -1.40. The van der Waals surface area contributed by atoms with E-state index < -0.39 is 17.8 Å². The third-order valence-electron chi connectivity index (χ3n) is 5.01. The lowest BCUT2D eigenvalue weighted by atomic mass is 9.94. The summed E-state index contributed by atoms with van der Waals surface area (Å²) in [6.45, 7) is 1.78. The normalized spacial score (nSPS) is 18.8. The molecule has 4 rings (SSSR count). The number of carboxylic acids is 1. The summed E-state index contributed by atoms with van der Waals surface area (Å²) in [6, 6.07) is 7.00. The molecule has 2 aliphatic rings. The van der Waals surface area contributed by atoms with Crippen LogP contribution in [0.3, 0.4) is 0 Å². The van der Waals surface area contributed by atoms with Gasteiger partial charge >= 0.3 is 5.97 Å². The summed E-state index contributed by atoms with van der Waals surface area (Å²) >= 11 is 0. The Balaban J connectivity index is 1.76. The SMILES string of the molecule is Cc1c(C(=O)N2CC(C(=O)O)c3ccccc32)oc2c1C(=O)CCC2. The zero-order valence-corrected chi connectivity index (χ0v) is 13.7. The Bertz CT molecular complexity index is 911. The van der Waals surface area contributed by atoms with Gasteiger partial charge in [0, 0.05) is 30.6 Å². The first-order valence-corrected chi connectivity index (χ1v) is 8.28. The van der Waals surface area contributed by atoms with Crippen LogP contribution in [-0.2, 0) is 11.2 Å². The van der Waals surface area contributed by atoms with Gasteiger partial charge in [0.1, 0.15) is 11.7 Å². The Labute approximate surface area is 144 Å². The van der Waals surface area contributed by atoms with E-state index in [1.807, 2.05) is 0 Å². The van der Waals surface area contributed by atoms with Gasteiger partial charge in [-0.3, -0.25) is 14.4 Å². The van der Waals surface area contributed by atoms with Crippen LogP contribution >= 0.6 is 0 Å². The fraction of sp³-hybridized carbons (Fsp3) is 0.316. The molecule has 6 nitrogen and oxygen atoms in total. The maximum absolute atomic E-state index is 13.1.